The second-order valence-corrected chi connectivity index (χ2v) is 4.00. The summed E-state index contributed by atoms with van der Waals surface area (Å²) in [4.78, 5) is 0. The minimum absolute atomic E-state index is 0.107. The van der Waals surface area contributed by atoms with Crippen LogP contribution in [-0.4, -0.2) is 36.1 Å². The monoisotopic (exact) mass is 239 g/mol. The zero-order chi connectivity index (χ0) is 12.7. The van der Waals surface area contributed by atoms with E-state index in [2.05, 4.69) is 19.2 Å². The van der Waals surface area contributed by atoms with Crippen molar-refractivity contribution in [2.45, 2.75) is 26.0 Å². The van der Waals surface area contributed by atoms with Gasteiger partial charge in [-0.25, -0.2) is 0 Å². The fraction of sp³-hybridized carbons (Fsp3) is 0.538. The number of hydrogen-bond acceptors (Lipinski definition) is 4. The van der Waals surface area contributed by atoms with Crippen molar-refractivity contribution in [2.75, 3.05) is 19.8 Å². The molecule has 0 fully saturated rings. The van der Waals surface area contributed by atoms with E-state index >= 15 is 0 Å². The molecule has 0 amide bonds. The lowest BCUT2D eigenvalue weighted by Gasteiger charge is -2.15. The molecule has 0 aliphatic rings. The molecule has 17 heavy (non-hydrogen) atoms. The van der Waals surface area contributed by atoms with Gasteiger partial charge in [0.25, 0.3) is 0 Å². The first-order chi connectivity index (χ1) is 8.17. The Balaban J connectivity index is 2.59. The third-order valence-corrected chi connectivity index (χ3v) is 2.52. The molecule has 1 aromatic carbocycles. The summed E-state index contributed by atoms with van der Waals surface area (Å²) in [7, 11) is 0. The average molecular weight is 239 g/mol. The molecule has 1 aromatic rings. The van der Waals surface area contributed by atoms with Crippen molar-refractivity contribution in [1.82, 2.24) is 5.32 Å². The first-order valence-electron chi connectivity index (χ1n) is 5.92. The molecule has 0 aliphatic carbocycles. The number of rotatable bonds is 7. The van der Waals surface area contributed by atoms with Crippen molar-refractivity contribution in [1.29, 1.82) is 0 Å². The van der Waals surface area contributed by atoms with E-state index in [9.17, 15) is 5.11 Å². The summed E-state index contributed by atoms with van der Waals surface area (Å²) in [6.07, 6.45) is -0.829. The van der Waals surface area contributed by atoms with Crippen LogP contribution in [0.4, 0.5) is 0 Å². The molecule has 0 radical (unpaired) electrons. The Bertz CT molecular complexity index is 330. The molecule has 0 heterocycles. The maximum absolute atomic E-state index is 9.19. The first-order valence-corrected chi connectivity index (χ1v) is 5.92. The molecule has 0 bridgehead atoms. The van der Waals surface area contributed by atoms with Gasteiger partial charge in [-0.2, -0.15) is 0 Å². The number of ether oxygens (including phenoxy) is 1. The van der Waals surface area contributed by atoms with Crippen LogP contribution < -0.4 is 10.1 Å². The van der Waals surface area contributed by atoms with E-state index < -0.39 is 6.10 Å². The van der Waals surface area contributed by atoms with Gasteiger partial charge in [-0.1, -0.05) is 19.1 Å². The summed E-state index contributed by atoms with van der Waals surface area (Å²) in [6, 6.07) is 8.00. The van der Waals surface area contributed by atoms with Gasteiger partial charge < -0.3 is 20.3 Å². The highest BCUT2D eigenvalue weighted by molar-refractivity contribution is 5.30. The lowest BCUT2D eigenvalue weighted by atomic mass is 10.1. The van der Waals surface area contributed by atoms with Crippen LogP contribution in [0, 0.1) is 0 Å². The predicted molar refractivity (Wildman–Crippen MR) is 67.1 cm³/mol. The van der Waals surface area contributed by atoms with E-state index in [0.717, 1.165) is 12.1 Å². The second kappa shape index (κ2) is 7.27. The van der Waals surface area contributed by atoms with E-state index in [0.29, 0.717) is 5.75 Å². The van der Waals surface area contributed by atoms with Crippen molar-refractivity contribution in [3.63, 3.8) is 0 Å². The van der Waals surface area contributed by atoms with Crippen molar-refractivity contribution < 1.29 is 14.9 Å². The van der Waals surface area contributed by atoms with E-state index in [4.69, 9.17) is 9.84 Å². The molecular weight excluding hydrogens is 218 g/mol. The average Bonchev–Trinajstić information content (AvgIpc) is 2.36. The molecule has 0 aromatic heterocycles. The highest BCUT2D eigenvalue weighted by atomic mass is 16.5. The zero-order valence-electron chi connectivity index (χ0n) is 10.4. The Morgan fingerprint density at radius 1 is 1.41 bits per heavy atom. The Labute approximate surface area is 102 Å². The molecule has 1 rings (SSSR count). The number of aliphatic hydroxyl groups is 2. The Hall–Kier alpha value is -1.10. The predicted octanol–water partition coefficient (Wildman–Crippen LogP) is 1.09. The Kier molecular flexibility index (Phi) is 5.97. The molecule has 2 unspecified atom stereocenters. The van der Waals surface area contributed by atoms with Crippen LogP contribution in [0.15, 0.2) is 24.3 Å². The summed E-state index contributed by atoms with van der Waals surface area (Å²) < 4.78 is 5.39. The largest absolute Gasteiger partial charge is 0.491 e. The van der Waals surface area contributed by atoms with Gasteiger partial charge in [0, 0.05) is 6.04 Å². The van der Waals surface area contributed by atoms with Gasteiger partial charge in [-0.3, -0.25) is 0 Å². The molecule has 0 saturated heterocycles. The van der Waals surface area contributed by atoms with Crippen LogP contribution in [0.25, 0.3) is 0 Å². The summed E-state index contributed by atoms with van der Waals surface area (Å²) in [5, 5.41) is 21.2. The molecular formula is C13H21NO3. The van der Waals surface area contributed by atoms with Crippen molar-refractivity contribution >= 4 is 0 Å². The van der Waals surface area contributed by atoms with Gasteiger partial charge in [0.05, 0.1) is 6.61 Å². The fourth-order valence-corrected chi connectivity index (χ4v) is 1.54. The van der Waals surface area contributed by atoms with Gasteiger partial charge in [0.1, 0.15) is 18.5 Å². The van der Waals surface area contributed by atoms with E-state index in [1.165, 1.54) is 0 Å². The topological polar surface area (TPSA) is 61.7 Å². The van der Waals surface area contributed by atoms with Gasteiger partial charge in [0.2, 0.25) is 0 Å². The molecule has 2 atom stereocenters. The van der Waals surface area contributed by atoms with Crippen LogP contribution in [0.5, 0.6) is 5.75 Å². The quantitative estimate of drug-likeness (QED) is 0.666. The van der Waals surface area contributed by atoms with Crippen LogP contribution in [0.1, 0.15) is 25.5 Å². The molecule has 4 nitrogen and oxygen atoms in total. The van der Waals surface area contributed by atoms with Crippen LogP contribution in [-0.2, 0) is 0 Å². The minimum Gasteiger partial charge on any atom is -0.491 e. The van der Waals surface area contributed by atoms with Gasteiger partial charge in [-0.15, -0.1) is 0 Å². The molecule has 3 N–H and O–H groups in total. The number of nitrogens with one attached hydrogen (secondary N) is 1. The normalized spacial score (nSPS) is 14.4. The maximum Gasteiger partial charge on any atom is 0.119 e. The minimum atomic E-state index is -0.829. The lowest BCUT2D eigenvalue weighted by molar-refractivity contribution is 0.0536. The smallest absolute Gasteiger partial charge is 0.119 e. The molecule has 0 aliphatic heterocycles. The van der Waals surface area contributed by atoms with E-state index in [-0.39, 0.29) is 19.3 Å². The van der Waals surface area contributed by atoms with Crippen molar-refractivity contribution in [2.24, 2.45) is 0 Å². The van der Waals surface area contributed by atoms with Crippen LogP contribution >= 0.6 is 0 Å². The van der Waals surface area contributed by atoms with Crippen molar-refractivity contribution in [3.8, 4) is 5.75 Å². The van der Waals surface area contributed by atoms with Gasteiger partial charge in [-0.05, 0) is 31.2 Å². The molecule has 0 saturated carbocycles. The third-order valence-electron chi connectivity index (χ3n) is 2.52. The standard InChI is InChI=1S/C13H21NO3/c1-3-14-10(2)11-5-4-6-13(7-11)17-9-12(16)8-15/h4-7,10,12,14-16H,3,8-9H2,1-2H3. The second-order valence-electron chi connectivity index (χ2n) is 4.00. The van der Waals surface area contributed by atoms with Crippen LogP contribution in [0.2, 0.25) is 0 Å². The van der Waals surface area contributed by atoms with E-state index in [1.54, 1.807) is 0 Å². The summed E-state index contributed by atoms with van der Waals surface area (Å²) >= 11 is 0. The first kappa shape index (κ1) is 14.0. The Morgan fingerprint density at radius 3 is 2.82 bits per heavy atom. The molecule has 4 heteroatoms. The zero-order valence-corrected chi connectivity index (χ0v) is 10.4. The van der Waals surface area contributed by atoms with Gasteiger partial charge >= 0.3 is 0 Å². The maximum atomic E-state index is 9.19. The number of benzene rings is 1. The Morgan fingerprint density at radius 2 is 2.18 bits per heavy atom. The SMILES string of the molecule is CCNC(C)c1cccc(OCC(O)CO)c1. The fourth-order valence-electron chi connectivity index (χ4n) is 1.54. The van der Waals surface area contributed by atoms with Crippen LogP contribution in [0.3, 0.4) is 0 Å². The highest BCUT2D eigenvalue weighted by Crippen LogP contribution is 2.19. The number of hydrogen-bond donors (Lipinski definition) is 3. The third kappa shape index (κ3) is 4.73. The highest BCUT2D eigenvalue weighted by Gasteiger charge is 2.06. The number of aliphatic hydroxyl groups excluding tert-OH is 2. The van der Waals surface area contributed by atoms with E-state index in [1.807, 2.05) is 24.3 Å². The molecule has 0 spiro atoms. The summed E-state index contributed by atoms with van der Waals surface area (Å²) in [5.74, 6) is 0.708. The summed E-state index contributed by atoms with van der Waals surface area (Å²) in [6.45, 7) is 4.89. The lowest BCUT2D eigenvalue weighted by Crippen LogP contribution is -2.21. The summed E-state index contributed by atoms with van der Waals surface area (Å²) in [5.41, 5.74) is 1.14. The van der Waals surface area contributed by atoms with Crippen molar-refractivity contribution in [3.05, 3.63) is 29.8 Å². The molecule has 96 valence electrons. The van der Waals surface area contributed by atoms with Gasteiger partial charge in [0.15, 0.2) is 0 Å².